The summed E-state index contributed by atoms with van der Waals surface area (Å²) in [5.74, 6) is 0.955. The standard InChI is InChI=1S/C16H20O4/c1-5-11(6-2)16(17)20-14-8-7-12(18-4)9-13(14)15-10(3)19-15/h5,7-10,15H,6H2,1-4H3/b11-5+. The molecule has 1 aliphatic rings. The summed E-state index contributed by atoms with van der Waals surface area (Å²) in [5, 5.41) is 0. The molecule has 4 nitrogen and oxygen atoms in total. The first-order valence-electron chi connectivity index (χ1n) is 6.81. The number of methoxy groups -OCH3 is 1. The quantitative estimate of drug-likeness (QED) is 0.358. The molecule has 1 aromatic rings. The summed E-state index contributed by atoms with van der Waals surface area (Å²) in [7, 11) is 1.61. The zero-order chi connectivity index (χ0) is 14.7. The first-order valence-corrected chi connectivity index (χ1v) is 6.81. The summed E-state index contributed by atoms with van der Waals surface area (Å²) in [6, 6.07) is 5.39. The van der Waals surface area contributed by atoms with Gasteiger partial charge in [0.05, 0.1) is 13.2 Å². The Kier molecular flexibility index (Phi) is 4.45. The minimum atomic E-state index is -0.310. The number of rotatable bonds is 5. The van der Waals surface area contributed by atoms with Gasteiger partial charge in [0.25, 0.3) is 0 Å². The average Bonchev–Trinajstić information content (AvgIpc) is 3.17. The van der Waals surface area contributed by atoms with E-state index in [-0.39, 0.29) is 18.2 Å². The number of carbonyl (C=O) groups excluding carboxylic acids is 1. The van der Waals surface area contributed by atoms with E-state index in [4.69, 9.17) is 14.2 Å². The highest BCUT2D eigenvalue weighted by molar-refractivity contribution is 5.90. The molecule has 4 heteroatoms. The Morgan fingerprint density at radius 3 is 2.65 bits per heavy atom. The van der Waals surface area contributed by atoms with Crippen molar-refractivity contribution in [2.24, 2.45) is 0 Å². The van der Waals surface area contributed by atoms with Crippen LogP contribution in [-0.2, 0) is 9.53 Å². The lowest BCUT2D eigenvalue weighted by atomic mass is 10.1. The Morgan fingerprint density at radius 1 is 1.45 bits per heavy atom. The maximum absolute atomic E-state index is 12.0. The van der Waals surface area contributed by atoms with Crippen LogP contribution < -0.4 is 9.47 Å². The van der Waals surface area contributed by atoms with Gasteiger partial charge in [-0.15, -0.1) is 0 Å². The van der Waals surface area contributed by atoms with Crippen molar-refractivity contribution in [3.63, 3.8) is 0 Å². The molecule has 1 fully saturated rings. The zero-order valence-electron chi connectivity index (χ0n) is 12.3. The third-order valence-corrected chi connectivity index (χ3v) is 3.43. The molecule has 108 valence electrons. The summed E-state index contributed by atoms with van der Waals surface area (Å²) in [5.41, 5.74) is 1.52. The fourth-order valence-corrected chi connectivity index (χ4v) is 2.11. The Morgan fingerprint density at radius 2 is 2.15 bits per heavy atom. The monoisotopic (exact) mass is 276 g/mol. The summed E-state index contributed by atoms with van der Waals surface area (Å²) < 4.78 is 16.2. The van der Waals surface area contributed by atoms with E-state index in [9.17, 15) is 4.79 Å². The average molecular weight is 276 g/mol. The third-order valence-electron chi connectivity index (χ3n) is 3.43. The molecule has 1 aliphatic heterocycles. The summed E-state index contributed by atoms with van der Waals surface area (Å²) in [6.45, 7) is 5.75. The second-order valence-electron chi connectivity index (χ2n) is 4.72. The van der Waals surface area contributed by atoms with Gasteiger partial charge in [0, 0.05) is 11.1 Å². The minimum Gasteiger partial charge on any atom is -0.497 e. The summed E-state index contributed by atoms with van der Waals surface area (Å²) in [6.07, 6.45) is 2.55. The predicted molar refractivity (Wildman–Crippen MR) is 76.0 cm³/mol. The number of allylic oxidation sites excluding steroid dienone is 1. The summed E-state index contributed by atoms with van der Waals surface area (Å²) in [4.78, 5) is 12.0. The number of carbonyl (C=O) groups is 1. The predicted octanol–water partition coefficient (Wildman–Crippen LogP) is 3.42. The van der Waals surface area contributed by atoms with E-state index in [0.717, 1.165) is 11.3 Å². The molecule has 0 bridgehead atoms. The highest BCUT2D eigenvalue weighted by Gasteiger charge is 2.38. The van der Waals surface area contributed by atoms with Crippen LogP contribution in [0, 0.1) is 0 Å². The molecule has 2 atom stereocenters. The largest absolute Gasteiger partial charge is 0.497 e. The van der Waals surface area contributed by atoms with Crippen LogP contribution in [0.2, 0.25) is 0 Å². The highest BCUT2D eigenvalue weighted by Crippen LogP contribution is 2.44. The fraction of sp³-hybridized carbons (Fsp3) is 0.438. The lowest BCUT2D eigenvalue weighted by Crippen LogP contribution is -2.12. The van der Waals surface area contributed by atoms with E-state index in [1.165, 1.54) is 0 Å². The van der Waals surface area contributed by atoms with Crippen molar-refractivity contribution < 1.29 is 19.0 Å². The zero-order valence-corrected chi connectivity index (χ0v) is 12.3. The molecule has 20 heavy (non-hydrogen) atoms. The first kappa shape index (κ1) is 14.6. The van der Waals surface area contributed by atoms with E-state index in [2.05, 4.69) is 0 Å². The van der Waals surface area contributed by atoms with E-state index in [1.807, 2.05) is 26.8 Å². The van der Waals surface area contributed by atoms with Gasteiger partial charge in [0.2, 0.25) is 0 Å². The molecule has 0 amide bonds. The number of hydrogen-bond donors (Lipinski definition) is 0. The first-order chi connectivity index (χ1) is 9.60. The Hall–Kier alpha value is -1.81. The second kappa shape index (κ2) is 6.09. The number of benzene rings is 1. The SMILES string of the molecule is C/C=C(\CC)C(=O)Oc1ccc(OC)cc1C1OC1C. The molecule has 0 radical (unpaired) electrons. The number of hydrogen-bond acceptors (Lipinski definition) is 4. The maximum Gasteiger partial charge on any atom is 0.339 e. The third kappa shape index (κ3) is 3.02. The van der Waals surface area contributed by atoms with Crippen molar-refractivity contribution in [2.75, 3.05) is 7.11 Å². The van der Waals surface area contributed by atoms with Crippen molar-refractivity contribution in [3.05, 3.63) is 35.4 Å². The van der Waals surface area contributed by atoms with Crippen LogP contribution in [0.1, 0.15) is 38.9 Å². The number of esters is 1. The van der Waals surface area contributed by atoms with Crippen LogP contribution in [0.25, 0.3) is 0 Å². The van der Waals surface area contributed by atoms with Gasteiger partial charge in [0.15, 0.2) is 0 Å². The molecule has 0 aliphatic carbocycles. The van der Waals surface area contributed by atoms with Gasteiger partial charge in [-0.05, 0) is 38.5 Å². The Balaban J connectivity index is 2.25. The van der Waals surface area contributed by atoms with E-state index >= 15 is 0 Å². The molecular weight excluding hydrogens is 256 g/mol. The molecule has 0 N–H and O–H groups in total. The molecule has 1 aromatic carbocycles. The van der Waals surface area contributed by atoms with E-state index in [1.54, 1.807) is 25.3 Å². The van der Waals surface area contributed by atoms with Crippen molar-refractivity contribution in [1.29, 1.82) is 0 Å². The smallest absolute Gasteiger partial charge is 0.339 e. The van der Waals surface area contributed by atoms with Crippen LogP contribution in [0.5, 0.6) is 11.5 Å². The molecule has 2 rings (SSSR count). The van der Waals surface area contributed by atoms with Crippen molar-refractivity contribution in [2.45, 2.75) is 39.4 Å². The number of ether oxygens (including phenoxy) is 3. The van der Waals surface area contributed by atoms with E-state index in [0.29, 0.717) is 17.7 Å². The highest BCUT2D eigenvalue weighted by atomic mass is 16.6. The molecule has 2 unspecified atom stereocenters. The normalized spacial score (nSPS) is 21.5. The molecular formula is C16H20O4. The maximum atomic E-state index is 12.0. The van der Waals surface area contributed by atoms with E-state index < -0.39 is 0 Å². The molecule has 0 saturated carbocycles. The van der Waals surface area contributed by atoms with Crippen molar-refractivity contribution in [3.8, 4) is 11.5 Å². The topological polar surface area (TPSA) is 48.1 Å². The van der Waals surface area contributed by atoms with Crippen LogP contribution in [0.3, 0.4) is 0 Å². The van der Waals surface area contributed by atoms with Gasteiger partial charge in [-0.3, -0.25) is 0 Å². The van der Waals surface area contributed by atoms with Gasteiger partial charge in [-0.2, -0.15) is 0 Å². The van der Waals surface area contributed by atoms with Crippen LogP contribution in [0.15, 0.2) is 29.8 Å². The lowest BCUT2D eigenvalue weighted by Gasteiger charge is -2.11. The van der Waals surface area contributed by atoms with Gasteiger partial charge in [-0.25, -0.2) is 4.79 Å². The molecule has 0 aromatic heterocycles. The molecule has 1 heterocycles. The van der Waals surface area contributed by atoms with Gasteiger partial charge >= 0.3 is 5.97 Å². The fourth-order valence-electron chi connectivity index (χ4n) is 2.11. The van der Waals surface area contributed by atoms with Gasteiger partial charge in [0.1, 0.15) is 17.6 Å². The van der Waals surface area contributed by atoms with Crippen LogP contribution in [-0.4, -0.2) is 19.2 Å². The van der Waals surface area contributed by atoms with Crippen molar-refractivity contribution >= 4 is 5.97 Å². The lowest BCUT2D eigenvalue weighted by molar-refractivity contribution is -0.130. The van der Waals surface area contributed by atoms with Crippen LogP contribution >= 0.6 is 0 Å². The second-order valence-corrected chi connectivity index (χ2v) is 4.72. The molecule has 0 spiro atoms. The van der Waals surface area contributed by atoms with Crippen LogP contribution in [0.4, 0.5) is 0 Å². The van der Waals surface area contributed by atoms with Crippen molar-refractivity contribution in [1.82, 2.24) is 0 Å². The summed E-state index contributed by atoms with van der Waals surface area (Å²) >= 11 is 0. The van der Waals surface area contributed by atoms with Gasteiger partial charge < -0.3 is 14.2 Å². The van der Waals surface area contributed by atoms with Gasteiger partial charge in [-0.1, -0.05) is 13.0 Å². The molecule has 1 saturated heterocycles. The Labute approximate surface area is 119 Å². The minimum absolute atomic E-state index is 0.0245. The number of epoxide rings is 1. The Bertz CT molecular complexity index is 533.